The summed E-state index contributed by atoms with van der Waals surface area (Å²) in [6, 6.07) is 8.16. The summed E-state index contributed by atoms with van der Waals surface area (Å²) in [7, 11) is 1.66. The molecule has 0 heterocycles. The minimum Gasteiger partial charge on any atom is -0.497 e. The lowest BCUT2D eigenvalue weighted by atomic mass is 10.0. The molecule has 0 spiro atoms. The molecule has 3 heteroatoms. The number of methoxy groups -OCH3 is 1. The lowest BCUT2D eigenvalue weighted by Crippen LogP contribution is -2.32. The van der Waals surface area contributed by atoms with Crippen LogP contribution in [-0.4, -0.2) is 19.1 Å². The highest BCUT2D eigenvalue weighted by molar-refractivity contribution is 5.76. The van der Waals surface area contributed by atoms with Gasteiger partial charge in [0.15, 0.2) is 0 Å². The van der Waals surface area contributed by atoms with E-state index < -0.39 is 0 Å². The van der Waals surface area contributed by atoms with Crippen LogP contribution < -0.4 is 10.1 Å². The maximum absolute atomic E-state index is 11.9. The first-order valence-corrected chi connectivity index (χ1v) is 7.93. The Hall–Kier alpha value is -1.51. The minimum absolute atomic E-state index is 0.142. The van der Waals surface area contributed by atoms with Crippen LogP contribution in [-0.2, 0) is 11.2 Å². The van der Waals surface area contributed by atoms with Crippen molar-refractivity contribution in [2.24, 2.45) is 5.92 Å². The molecular weight excluding hydrogens is 262 g/mol. The Balaban J connectivity index is 2.23. The van der Waals surface area contributed by atoms with Crippen molar-refractivity contribution in [3.63, 3.8) is 0 Å². The number of carbonyl (C=O) groups is 1. The number of benzene rings is 1. The van der Waals surface area contributed by atoms with Crippen LogP contribution in [0.15, 0.2) is 24.3 Å². The van der Waals surface area contributed by atoms with Crippen LogP contribution in [0.2, 0.25) is 0 Å². The Labute approximate surface area is 129 Å². The zero-order valence-corrected chi connectivity index (χ0v) is 13.8. The van der Waals surface area contributed by atoms with Gasteiger partial charge in [0, 0.05) is 12.5 Å². The predicted molar refractivity (Wildman–Crippen MR) is 87.6 cm³/mol. The molecule has 1 rings (SSSR count). The number of rotatable bonds is 9. The topological polar surface area (TPSA) is 38.3 Å². The molecule has 0 aromatic heterocycles. The number of hydrogen-bond donors (Lipinski definition) is 1. The van der Waals surface area contributed by atoms with Crippen LogP contribution in [0.25, 0.3) is 0 Å². The Bertz CT molecular complexity index is 412. The third-order valence-electron chi connectivity index (χ3n) is 3.63. The number of aryl methyl sites for hydroxylation is 1. The molecule has 0 bridgehead atoms. The van der Waals surface area contributed by atoms with Gasteiger partial charge in [0.1, 0.15) is 5.75 Å². The molecule has 118 valence electrons. The van der Waals surface area contributed by atoms with Crippen molar-refractivity contribution >= 4 is 5.91 Å². The monoisotopic (exact) mass is 291 g/mol. The molecule has 0 aliphatic carbocycles. The van der Waals surface area contributed by atoms with Crippen LogP contribution in [0.3, 0.4) is 0 Å². The average Bonchev–Trinajstić information content (AvgIpc) is 2.45. The van der Waals surface area contributed by atoms with Crippen molar-refractivity contribution in [2.45, 2.75) is 58.9 Å². The highest BCUT2D eigenvalue weighted by Gasteiger charge is 2.08. The van der Waals surface area contributed by atoms with Gasteiger partial charge in [0.2, 0.25) is 5.91 Å². The zero-order chi connectivity index (χ0) is 15.7. The number of hydrogen-bond acceptors (Lipinski definition) is 2. The zero-order valence-electron chi connectivity index (χ0n) is 13.8. The lowest BCUT2D eigenvalue weighted by molar-refractivity contribution is -0.121. The second kappa shape index (κ2) is 9.43. The maximum atomic E-state index is 11.9. The van der Waals surface area contributed by atoms with Gasteiger partial charge in [-0.05, 0) is 43.4 Å². The summed E-state index contributed by atoms with van der Waals surface area (Å²) in [6.07, 6.45) is 4.78. The summed E-state index contributed by atoms with van der Waals surface area (Å²) < 4.78 is 5.12. The fraction of sp³-hybridized carbons (Fsp3) is 0.611. The number of ether oxygens (including phenoxy) is 1. The highest BCUT2D eigenvalue weighted by Crippen LogP contribution is 2.13. The SMILES string of the molecule is COc1ccc(CCC(=O)NC(C)CCCC(C)C)cc1. The van der Waals surface area contributed by atoms with Gasteiger partial charge >= 0.3 is 0 Å². The van der Waals surface area contributed by atoms with Gasteiger partial charge < -0.3 is 10.1 Å². The van der Waals surface area contributed by atoms with Crippen LogP contribution in [0.1, 0.15) is 52.0 Å². The first kappa shape index (κ1) is 17.5. The van der Waals surface area contributed by atoms with E-state index in [1.54, 1.807) is 7.11 Å². The Morgan fingerprint density at radius 3 is 2.38 bits per heavy atom. The van der Waals surface area contributed by atoms with E-state index in [1.165, 1.54) is 18.4 Å². The lowest BCUT2D eigenvalue weighted by Gasteiger charge is -2.14. The third kappa shape index (κ3) is 7.74. The Morgan fingerprint density at radius 1 is 1.14 bits per heavy atom. The van der Waals surface area contributed by atoms with E-state index in [0.717, 1.165) is 24.5 Å². The van der Waals surface area contributed by atoms with Gasteiger partial charge in [0.05, 0.1) is 7.11 Å². The first-order valence-electron chi connectivity index (χ1n) is 7.93. The van der Waals surface area contributed by atoms with E-state index in [2.05, 4.69) is 26.1 Å². The standard InChI is InChI=1S/C18H29NO2/c1-14(2)6-5-7-15(3)19-18(20)13-10-16-8-11-17(21-4)12-9-16/h8-9,11-12,14-15H,5-7,10,13H2,1-4H3,(H,19,20). The van der Waals surface area contributed by atoms with Crippen molar-refractivity contribution in [3.05, 3.63) is 29.8 Å². The Kier molecular flexibility index (Phi) is 7.88. The largest absolute Gasteiger partial charge is 0.497 e. The molecule has 0 fully saturated rings. The predicted octanol–water partition coefficient (Wildman–Crippen LogP) is 3.96. The molecular formula is C18H29NO2. The van der Waals surface area contributed by atoms with Gasteiger partial charge in [-0.3, -0.25) is 4.79 Å². The average molecular weight is 291 g/mol. The summed E-state index contributed by atoms with van der Waals surface area (Å²) in [5, 5.41) is 3.08. The smallest absolute Gasteiger partial charge is 0.220 e. The second-order valence-electron chi connectivity index (χ2n) is 6.14. The Morgan fingerprint density at radius 2 is 1.81 bits per heavy atom. The number of amides is 1. The number of carbonyl (C=O) groups excluding carboxylic acids is 1. The molecule has 0 aliphatic rings. The maximum Gasteiger partial charge on any atom is 0.220 e. The molecule has 1 N–H and O–H groups in total. The molecule has 1 unspecified atom stereocenters. The normalized spacial score (nSPS) is 12.2. The van der Waals surface area contributed by atoms with E-state index in [4.69, 9.17) is 4.74 Å². The molecule has 0 radical (unpaired) electrons. The molecule has 1 aromatic carbocycles. The second-order valence-corrected chi connectivity index (χ2v) is 6.14. The van der Waals surface area contributed by atoms with Crippen molar-refractivity contribution in [2.75, 3.05) is 7.11 Å². The van der Waals surface area contributed by atoms with Gasteiger partial charge in [-0.2, -0.15) is 0 Å². The molecule has 0 aliphatic heterocycles. The molecule has 0 saturated heterocycles. The van der Waals surface area contributed by atoms with E-state index in [0.29, 0.717) is 6.42 Å². The van der Waals surface area contributed by atoms with Gasteiger partial charge in [-0.1, -0.05) is 38.8 Å². The first-order chi connectivity index (χ1) is 10.0. The summed E-state index contributed by atoms with van der Waals surface area (Å²) in [5.74, 6) is 1.73. The van der Waals surface area contributed by atoms with Gasteiger partial charge in [-0.15, -0.1) is 0 Å². The summed E-state index contributed by atoms with van der Waals surface area (Å²) in [6.45, 7) is 6.56. The van der Waals surface area contributed by atoms with Gasteiger partial charge in [-0.25, -0.2) is 0 Å². The van der Waals surface area contributed by atoms with Crippen molar-refractivity contribution in [1.82, 2.24) is 5.32 Å². The molecule has 1 aromatic rings. The van der Waals surface area contributed by atoms with Crippen molar-refractivity contribution < 1.29 is 9.53 Å². The molecule has 0 saturated carbocycles. The van der Waals surface area contributed by atoms with Crippen LogP contribution in [0, 0.1) is 5.92 Å². The van der Waals surface area contributed by atoms with Gasteiger partial charge in [0.25, 0.3) is 0 Å². The highest BCUT2D eigenvalue weighted by atomic mass is 16.5. The van der Waals surface area contributed by atoms with Crippen molar-refractivity contribution in [1.29, 1.82) is 0 Å². The van der Waals surface area contributed by atoms with Crippen LogP contribution in [0.5, 0.6) is 5.75 Å². The summed E-state index contributed by atoms with van der Waals surface area (Å²) in [4.78, 5) is 11.9. The quantitative estimate of drug-likeness (QED) is 0.748. The van der Waals surface area contributed by atoms with E-state index in [-0.39, 0.29) is 11.9 Å². The van der Waals surface area contributed by atoms with Crippen LogP contribution >= 0.6 is 0 Å². The van der Waals surface area contributed by atoms with E-state index in [1.807, 2.05) is 24.3 Å². The van der Waals surface area contributed by atoms with Crippen molar-refractivity contribution in [3.8, 4) is 5.75 Å². The molecule has 21 heavy (non-hydrogen) atoms. The summed E-state index contributed by atoms with van der Waals surface area (Å²) >= 11 is 0. The molecule has 1 atom stereocenters. The fourth-order valence-electron chi connectivity index (χ4n) is 2.30. The number of nitrogens with one attached hydrogen (secondary N) is 1. The van der Waals surface area contributed by atoms with E-state index >= 15 is 0 Å². The minimum atomic E-state index is 0.142. The third-order valence-corrected chi connectivity index (χ3v) is 3.63. The fourth-order valence-corrected chi connectivity index (χ4v) is 2.30. The molecule has 3 nitrogen and oxygen atoms in total. The summed E-state index contributed by atoms with van der Waals surface area (Å²) in [5.41, 5.74) is 1.17. The molecule has 1 amide bonds. The van der Waals surface area contributed by atoms with E-state index in [9.17, 15) is 4.79 Å². The van der Waals surface area contributed by atoms with Crippen LogP contribution in [0.4, 0.5) is 0 Å².